The summed E-state index contributed by atoms with van der Waals surface area (Å²) in [6, 6.07) is 7.37. The molecule has 1 aliphatic rings. The zero-order chi connectivity index (χ0) is 14.1. The highest BCUT2D eigenvalue weighted by atomic mass is 79.9. The van der Waals surface area contributed by atoms with Crippen LogP contribution >= 0.6 is 39.0 Å². The van der Waals surface area contributed by atoms with Gasteiger partial charge in [-0.15, -0.1) is 11.3 Å². The first kappa shape index (κ1) is 14.6. The lowest BCUT2D eigenvalue weighted by molar-refractivity contribution is 0.619. The van der Waals surface area contributed by atoms with Gasteiger partial charge in [0.25, 0.3) is 0 Å². The number of rotatable bonds is 3. The molecule has 0 spiro atoms. The summed E-state index contributed by atoms with van der Waals surface area (Å²) in [6.07, 6.45) is 1.91. The van der Waals surface area contributed by atoms with E-state index in [9.17, 15) is 4.39 Å². The summed E-state index contributed by atoms with van der Waals surface area (Å²) in [7, 11) is 0. The van der Waals surface area contributed by atoms with Crippen molar-refractivity contribution in [2.24, 2.45) is 5.73 Å². The van der Waals surface area contributed by atoms with Crippen molar-refractivity contribution in [2.45, 2.75) is 24.6 Å². The number of thioether (sulfide) groups is 1. The highest BCUT2D eigenvalue weighted by molar-refractivity contribution is 9.10. The van der Waals surface area contributed by atoms with Crippen LogP contribution < -0.4 is 5.73 Å². The van der Waals surface area contributed by atoms with E-state index < -0.39 is 0 Å². The fourth-order valence-electron chi connectivity index (χ4n) is 2.37. The molecule has 106 valence electrons. The molecule has 2 N–H and O–H groups in total. The molecule has 0 saturated heterocycles. The highest BCUT2D eigenvalue weighted by Crippen LogP contribution is 2.34. The first-order valence-electron chi connectivity index (χ1n) is 6.52. The van der Waals surface area contributed by atoms with Gasteiger partial charge >= 0.3 is 0 Å². The number of halogens is 2. The number of hydrogen-bond acceptors (Lipinski definition) is 3. The molecule has 0 amide bonds. The molecule has 3 rings (SSSR count). The van der Waals surface area contributed by atoms with Crippen LogP contribution in [0.3, 0.4) is 0 Å². The minimum absolute atomic E-state index is 0.00652. The summed E-state index contributed by atoms with van der Waals surface area (Å²) >= 11 is 7.06. The third-order valence-electron chi connectivity index (χ3n) is 3.45. The van der Waals surface area contributed by atoms with E-state index in [-0.39, 0.29) is 11.9 Å². The molecule has 0 fully saturated rings. The van der Waals surface area contributed by atoms with Gasteiger partial charge in [0.1, 0.15) is 5.82 Å². The smallest absolute Gasteiger partial charge is 0.137 e. The Morgan fingerprint density at radius 3 is 2.95 bits per heavy atom. The van der Waals surface area contributed by atoms with E-state index in [0.717, 1.165) is 17.7 Å². The lowest BCUT2D eigenvalue weighted by Crippen LogP contribution is -2.11. The normalized spacial score (nSPS) is 15.9. The van der Waals surface area contributed by atoms with Gasteiger partial charge in [-0.25, -0.2) is 4.39 Å². The van der Waals surface area contributed by atoms with Gasteiger partial charge in [0.2, 0.25) is 0 Å². The lowest BCUT2D eigenvalue weighted by Gasteiger charge is -2.10. The molecule has 1 aromatic carbocycles. The Labute approximate surface area is 134 Å². The van der Waals surface area contributed by atoms with Gasteiger partial charge in [0.15, 0.2) is 0 Å². The minimum Gasteiger partial charge on any atom is -0.323 e. The van der Waals surface area contributed by atoms with Crippen LogP contribution in [-0.4, -0.2) is 5.75 Å². The van der Waals surface area contributed by atoms with Crippen molar-refractivity contribution in [2.75, 3.05) is 5.75 Å². The van der Waals surface area contributed by atoms with Crippen molar-refractivity contribution in [3.05, 3.63) is 55.4 Å². The van der Waals surface area contributed by atoms with E-state index >= 15 is 0 Å². The maximum absolute atomic E-state index is 13.2. The van der Waals surface area contributed by atoms with Crippen LogP contribution in [0, 0.1) is 5.82 Å². The molecule has 2 aromatic rings. The van der Waals surface area contributed by atoms with Crippen LogP contribution in [0.2, 0.25) is 0 Å². The second kappa shape index (κ2) is 6.18. The van der Waals surface area contributed by atoms with Crippen LogP contribution in [0.25, 0.3) is 0 Å². The zero-order valence-electron chi connectivity index (χ0n) is 10.9. The molecule has 0 aliphatic carbocycles. The minimum atomic E-state index is -0.231. The van der Waals surface area contributed by atoms with Crippen molar-refractivity contribution in [3.8, 4) is 0 Å². The Bertz CT molecular complexity index is 603. The first-order chi connectivity index (χ1) is 9.63. The summed E-state index contributed by atoms with van der Waals surface area (Å²) in [6.45, 7) is 0. The van der Waals surface area contributed by atoms with Gasteiger partial charge < -0.3 is 5.73 Å². The molecule has 1 aliphatic heterocycles. The van der Waals surface area contributed by atoms with Crippen molar-refractivity contribution < 1.29 is 4.39 Å². The molecule has 0 bridgehead atoms. The van der Waals surface area contributed by atoms with Crippen LogP contribution in [0.4, 0.5) is 4.39 Å². The molecule has 1 atom stereocenters. The second-order valence-electron chi connectivity index (χ2n) is 4.96. The molecule has 2 heterocycles. The van der Waals surface area contributed by atoms with Gasteiger partial charge in [-0.05, 0) is 63.9 Å². The van der Waals surface area contributed by atoms with E-state index in [1.165, 1.54) is 33.6 Å². The van der Waals surface area contributed by atoms with E-state index in [0.29, 0.717) is 4.47 Å². The Balaban J connectivity index is 1.76. The average Bonchev–Trinajstić information content (AvgIpc) is 2.87. The molecular formula is C15H15BrFNS2. The van der Waals surface area contributed by atoms with Gasteiger partial charge in [0.05, 0.1) is 4.47 Å². The van der Waals surface area contributed by atoms with Crippen LogP contribution in [0.1, 0.15) is 26.9 Å². The second-order valence-corrected chi connectivity index (χ2v) is 8.09. The van der Waals surface area contributed by atoms with Crippen molar-refractivity contribution >= 4 is 39.0 Å². The quantitative estimate of drug-likeness (QED) is 0.847. The zero-order valence-corrected chi connectivity index (χ0v) is 14.1. The van der Waals surface area contributed by atoms with Gasteiger partial charge in [-0.3, -0.25) is 0 Å². The van der Waals surface area contributed by atoms with Crippen molar-refractivity contribution in [1.29, 1.82) is 0 Å². The molecule has 1 nitrogen and oxygen atoms in total. The SMILES string of the molecule is NC(Cc1ccc(F)c(Br)c1)c1cc2c(s1)CCSC2. The average molecular weight is 372 g/mol. The standard InChI is InChI=1S/C15H15BrFNS2/c16-11-5-9(1-2-12(11)17)6-13(18)15-7-10-8-19-4-3-14(10)20-15/h1-2,5,7,13H,3-4,6,8,18H2. The van der Waals surface area contributed by atoms with Crippen LogP contribution in [-0.2, 0) is 18.6 Å². The molecular weight excluding hydrogens is 357 g/mol. The number of fused-ring (bicyclic) bond motifs is 1. The van der Waals surface area contributed by atoms with Gasteiger partial charge in [0, 0.05) is 21.5 Å². The summed E-state index contributed by atoms with van der Waals surface area (Å²) < 4.78 is 13.7. The summed E-state index contributed by atoms with van der Waals surface area (Å²) in [5, 5.41) is 0. The number of nitrogens with two attached hydrogens (primary N) is 1. The molecule has 20 heavy (non-hydrogen) atoms. The molecule has 1 unspecified atom stereocenters. The predicted octanol–water partition coefficient (Wildman–Crippen LogP) is 4.68. The van der Waals surface area contributed by atoms with Crippen molar-refractivity contribution in [3.63, 3.8) is 0 Å². The Kier molecular flexibility index (Phi) is 4.50. The molecule has 5 heteroatoms. The van der Waals surface area contributed by atoms with E-state index in [1.807, 2.05) is 35.2 Å². The monoisotopic (exact) mass is 371 g/mol. The molecule has 0 saturated carbocycles. The summed E-state index contributed by atoms with van der Waals surface area (Å²) in [5.41, 5.74) is 8.84. The van der Waals surface area contributed by atoms with Crippen LogP contribution in [0.15, 0.2) is 28.7 Å². The van der Waals surface area contributed by atoms with Gasteiger partial charge in [-0.1, -0.05) is 6.07 Å². The topological polar surface area (TPSA) is 26.0 Å². The number of benzene rings is 1. The fourth-order valence-corrected chi connectivity index (χ4v) is 5.18. The third kappa shape index (κ3) is 3.11. The number of hydrogen-bond donors (Lipinski definition) is 1. The van der Waals surface area contributed by atoms with Gasteiger partial charge in [-0.2, -0.15) is 11.8 Å². The number of thiophene rings is 1. The Hall–Kier alpha value is -0.360. The van der Waals surface area contributed by atoms with Crippen molar-refractivity contribution in [1.82, 2.24) is 0 Å². The van der Waals surface area contributed by atoms with Crippen LogP contribution in [0.5, 0.6) is 0 Å². The third-order valence-corrected chi connectivity index (χ3v) is 6.44. The van der Waals surface area contributed by atoms with E-state index in [4.69, 9.17) is 5.73 Å². The van der Waals surface area contributed by atoms with E-state index in [2.05, 4.69) is 22.0 Å². The molecule has 1 aromatic heterocycles. The summed E-state index contributed by atoms with van der Waals surface area (Å²) in [5.74, 6) is 2.10. The molecule has 0 radical (unpaired) electrons. The van der Waals surface area contributed by atoms with E-state index in [1.54, 1.807) is 0 Å². The fraction of sp³-hybridized carbons (Fsp3) is 0.333. The lowest BCUT2D eigenvalue weighted by atomic mass is 10.0. The Morgan fingerprint density at radius 2 is 2.20 bits per heavy atom. The largest absolute Gasteiger partial charge is 0.323 e. The number of aryl methyl sites for hydroxylation is 1. The predicted molar refractivity (Wildman–Crippen MR) is 88.9 cm³/mol. The Morgan fingerprint density at radius 1 is 1.35 bits per heavy atom. The maximum Gasteiger partial charge on any atom is 0.137 e. The first-order valence-corrected chi connectivity index (χ1v) is 9.28. The summed E-state index contributed by atoms with van der Waals surface area (Å²) in [4.78, 5) is 2.74. The maximum atomic E-state index is 13.2. The highest BCUT2D eigenvalue weighted by Gasteiger charge is 2.17.